The van der Waals surface area contributed by atoms with Crippen LogP contribution in [-0.4, -0.2) is 31.2 Å². The van der Waals surface area contributed by atoms with Crippen LogP contribution in [0.2, 0.25) is 0 Å². The minimum Gasteiger partial charge on any atom is -0.371 e. The summed E-state index contributed by atoms with van der Waals surface area (Å²) in [7, 11) is 0. The number of nitrogens with zero attached hydrogens (tertiary/aromatic N) is 3. The van der Waals surface area contributed by atoms with E-state index in [9.17, 15) is 0 Å². The van der Waals surface area contributed by atoms with Crippen LogP contribution in [0, 0.1) is 0 Å². The fraction of sp³-hybridized carbons (Fsp3) is 0.520. The van der Waals surface area contributed by atoms with Crippen molar-refractivity contribution < 1.29 is 0 Å². The van der Waals surface area contributed by atoms with Crippen molar-refractivity contribution in [1.82, 2.24) is 9.56 Å². The third-order valence-electron chi connectivity index (χ3n) is 6.62. The lowest BCUT2D eigenvalue weighted by Gasteiger charge is -2.20. The van der Waals surface area contributed by atoms with E-state index in [1.807, 2.05) is 11.3 Å². The van der Waals surface area contributed by atoms with Crippen molar-refractivity contribution in [1.29, 1.82) is 0 Å². The molecule has 1 aromatic carbocycles. The molecule has 0 atom stereocenters. The first kappa shape index (κ1) is 19.0. The number of hydrogen-bond acceptors (Lipinski definition) is 3. The Bertz CT molecular complexity index is 1080. The Kier molecular flexibility index (Phi) is 5.07. The number of hydrogen-bond donors (Lipinski definition) is 0. The van der Waals surface area contributed by atoms with E-state index in [4.69, 9.17) is 4.98 Å². The van der Waals surface area contributed by atoms with Gasteiger partial charge >= 0.3 is 0 Å². The lowest BCUT2D eigenvalue weighted by Crippen LogP contribution is -2.27. The third kappa shape index (κ3) is 3.46. The van der Waals surface area contributed by atoms with E-state index >= 15 is 0 Å². The first-order valence-corrected chi connectivity index (χ1v) is 12.2. The molecule has 0 N–H and O–H groups in total. The van der Waals surface area contributed by atoms with Gasteiger partial charge in [-0.2, -0.15) is 0 Å². The van der Waals surface area contributed by atoms with Crippen molar-refractivity contribution in [3.63, 3.8) is 0 Å². The average molecular weight is 407 g/mol. The van der Waals surface area contributed by atoms with E-state index < -0.39 is 0 Å². The molecule has 0 aromatic heterocycles. The predicted octanol–water partition coefficient (Wildman–Crippen LogP) is 5.25. The molecule has 3 heterocycles. The Hall–Kier alpha value is -1.94. The van der Waals surface area contributed by atoms with Gasteiger partial charge in [-0.1, -0.05) is 20.8 Å². The summed E-state index contributed by atoms with van der Waals surface area (Å²) < 4.78 is 3.90. The highest BCUT2D eigenvalue weighted by atomic mass is 32.1. The van der Waals surface area contributed by atoms with Crippen LogP contribution in [0.3, 0.4) is 0 Å². The second-order valence-electron chi connectivity index (χ2n) is 8.94. The molecule has 2 fully saturated rings. The average Bonchev–Trinajstić information content (AvgIpc) is 3.44. The van der Waals surface area contributed by atoms with Crippen LogP contribution >= 0.6 is 11.3 Å². The summed E-state index contributed by atoms with van der Waals surface area (Å²) >= 11 is 1.94. The van der Waals surface area contributed by atoms with Crippen LogP contribution < -0.4 is 14.8 Å². The molecule has 0 bridgehead atoms. The van der Waals surface area contributed by atoms with E-state index in [2.05, 4.69) is 54.5 Å². The van der Waals surface area contributed by atoms with E-state index in [0.29, 0.717) is 5.92 Å². The molecule has 3 aliphatic heterocycles. The number of rotatable bonds is 3. The minimum absolute atomic E-state index is 0.478. The standard InChI is InChI=1S/C25H32N3S/c1-4-18-13-19(27-9-5-6-10-27)15-22-24(18)26-25-21(17(2)3)14-20(16-23(25)29-22)28-11-7-8-12-28/h13-17H,4-12H2,1-3H3/q+1. The molecule has 152 valence electrons. The number of benzene rings is 2. The van der Waals surface area contributed by atoms with Crippen molar-refractivity contribution >= 4 is 27.2 Å². The third-order valence-corrected chi connectivity index (χ3v) is 7.68. The molecule has 3 nitrogen and oxygen atoms in total. The van der Waals surface area contributed by atoms with Gasteiger partial charge in [0.2, 0.25) is 5.36 Å². The van der Waals surface area contributed by atoms with Gasteiger partial charge in [-0.15, -0.1) is 11.3 Å². The van der Waals surface area contributed by atoms with Crippen molar-refractivity contribution in [2.45, 2.75) is 58.8 Å². The molecule has 0 amide bonds. The van der Waals surface area contributed by atoms with Crippen molar-refractivity contribution in [2.75, 3.05) is 31.1 Å². The largest absolute Gasteiger partial charge is 0.371 e. The SMILES string of the molecule is CCc1cc(N2CCCC2)cc2sc3cc(=[N+]4CCCC4)cc(C(C)C)c-3nc12. The zero-order chi connectivity index (χ0) is 20.0. The van der Waals surface area contributed by atoms with E-state index in [0.717, 1.165) is 6.42 Å². The highest BCUT2D eigenvalue weighted by Gasteiger charge is 2.22. The zero-order valence-corrected chi connectivity index (χ0v) is 18.8. The summed E-state index contributed by atoms with van der Waals surface area (Å²) in [5, 5.41) is 1.39. The number of aryl methyl sites for hydroxylation is 1. The van der Waals surface area contributed by atoms with Crippen LogP contribution in [0.5, 0.6) is 0 Å². The molecular formula is C25H32N3S+. The van der Waals surface area contributed by atoms with Crippen molar-refractivity contribution in [3.05, 3.63) is 40.7 Å². The molecule has 2 saturated heterocycles. The smallest absolute Gasteiger partial charge is 0.201 e. The zero-order valence-electron chi connectivity index (χ0n) is 18.0. The summed E-state index contributed by atoms with van der Waals surface area (Å²) in [6.45, 7) is 11.6. The second kappa shape index (κ2) is 7.71. The van der Waals surface area contributed by atoms with Gasteiger partial charge in [-0.05, 0) is 48.4 Å². The summed E-state index contributed by atoms with van der Waals surface area (Å²) in [5.74, 6) is 0.478. The Morgan fingerprint density at radius 2 is 1.79 bits per heavy atom. The van der Waals surface area contributed by atoms with Gasteiger partial charge in [0.05, 0.1) is 20.8 Å². The maximum atomic E-state index is 5.28. The maximum absolute atomic E-state index is 5.28. The minimum atomic E-state index is 0.478. The highest BCUT2D eigenvalue weighted by molar-refractivity contribution is 7.21. The van der Waals surface area contributed by atoms with Gasteiger partial charge in [0.25, 0.3) is 0 Å². The molecule has 5 rings (SSSR count). The number of aromatic nitrogens is 1. The fourth-order valence-electron chi connectivity index (χ4n) is 4.92. The Morgan fingerprint density at radius 3 is 2.48 bits per heavy atom. The lowest BCUT2D eigenvalue weighted by molar-refractivity contribution is 0.691. The lowest BCUT2D eigenvalue weighted by atomic mass is 9.98. The highest BCUT2D eigenvalue weighted by Crippen LogP contribution is 2.38. The molecule has 0 unspecified atom stereocenters. The summed E-state index contributed by atoms with van der Waals surface area (Å²) in [5.41, 5.74) is 6.60. The van der Waals surface area contributed by atoms with Crippen molar-refractivity contribution in [3.8, 4) is 10.6 Å². The first-order valence-electron chi connectivity index (χ1n) is 11.4. The van der Waals surface area contributed by atoms with Crippen molar-refractivity contribution in [2.24, 2.45) is 0 Å². The number of fused-ring (bicyclic) bond motifs is 2. The molecule has 0 radical (unpaired) electrons. The van der Waals surface area contributed by atoms with Gasteiger partial charge in [0, 0.05) is 43.8 Å². The molecule has 1 aliphatic carbocycles. The Labute approximate surface area is 178 Å². The topological polar surface area (TPSA) is 19.1 Å². The van der Waals surface area contributed by atoms with Crippen LogP contribution in [0.4, 0.5) is 5.69 Å². The molecule has 0 saturated carbocycles. The Morgan fingerprint density at radius 1 is 1.03 bits per heavy atom. The molecular weight excluding hydrogens is 374 g/mol. The monoisotopic (exact) mass is 406 g/mol. The number of anilines is 1. The molecule has 4 aliphatic rings. The quantitative estimate of drug-likeness (QED) is 0.437. The molecule has 0 spiro atoms. The normalized spacial score (nSPS) is 17.4. The van der Waals surface area contributed by atoms with Crippen LogP contribution in [0.15, 0.2) is 24.3 Å². The maximum Gasteiger partial charge on any atom is 0.201 e. The molecule has 1 aromatic rings. The van der Waals surface area contributed by atoms with E-state index in [1.54, 1.807) is 0 Å². The molecule has 4 heteroatoms. The van der Waals surface area contributed by atoms with Gasteiger partial charge < -0.3 is 4.90 Å². The van der Waals surface area contributed by atoms with Gasteiger partial charge in [0.1, 0.15) is 13.1 Å². The van der Waals surface area contributed by atoms with Gasteiger partial charge in [0.15, 0.2) is 0 Å². The summed E-state index contributed by atoms with van der Waals surface area (Å²) in [6, 6.07) is 9.60. The second-order valence-corrected chi connectivity index (χ2v) is 10.0. The van der Waals surface area contributed by atoms with Crippen LogP contribution in [-0.2, 0) is 6.42 Å². The van der Waals surface area contributed by atoms with Crippen LogP contribution in [0.25, 0.3) is 20.8 Å². The predicted molar refractivity (Wildman–Crippen MR) is 125 cm³/mol. The molecule has 29 heavy (non-hydrogen) atoms. The van der Waals surface area contributed by atoms with E-state index in [-0.39, 0.29) is 0 Å². The summed E-state index contributed by atoms with van der Waals surface area (Å²) in [4.78, 5) is 9.17. The van der Waals surface area contributed by atoms with Gasteiger partial charge in [-0.25, -0.2) is 9.56 Å². The van der Waals surface area contributed by atoms with Gasteiger partial charge in [-0.3, -0.25) is 0 Å². The summed E-state index contributed by atoms with van der Waals surface area (Å²) in [6.07, 6.45) is 6.29. The fourth-order valence-corrected chi connectivity index (χ4v) is 6.05. The first-order chi connectivity index (χ1) is 14.1. The Balaban J connectivity index is 1.78. The van der Waals surface area contributed by atoms with Crippen LogP contribution in [0.1, 0.15) is 63.5 Å². The van der Waals surface area contributed by atoms with E-state index in [1.165, 1.54) is 94.8 Å².